The minimum absolute atomic E-state index is 0.338. The molecule has 24 heavy (non-hydrogen) atoms. The number of imidazole rings is 1. The topological polar surface area (TPSA) is 72.7 Å². The second-order valence-electron chi connectivity index (χ2n) is 6.15. The number of fused-ring (bicyclic) bond motifs is 1. The van der Waals surface area contributed by atoms with Crippen LogP contribution >= 0.6 is 11.8 Å². The Morgan fingerprint density at radius 2 is 1.75 bits per heavy atom. The fourth-order valence-corrected chi connectivity index (χ4v) is 3.76. The normalized spacial score (nSPS) is 11.5. The summed E-state index contributed by atoms with van der Waals surface area (Å²) in [5, 5.41) is 0.851. The zero-order valence-electron chi connectivity index (χ0n) is 14.9. The van der Waals surface area contributed by atoms with E-state index in [1.807, 2.05) is 4.57 Å². The first-order chi connectivity index (χ1) is 11.6. The van der Waals surface area contributed by atoms with Gasteiger partial charge in [0.05, 0.1) is 0 Å². The van der Waals surface area contributed by atoms with Crippen molar-refractivity contribution >= 4 is 22.9 Å². The number of aromatic amines is 1. The van der Waals surface area contributed by atoms with E-state index in [1.54, 1.807) is 18.8 Å². The number of H-pyrrole nitrogens is 1. The lowest BCUT2D eigenvalue weighted by Crippen LogP contribution is -2.29. The smallest absolute Gasteiger partial charge is 0.313 e. The van der Waals surface area contributed by atoms with Crippen molar-refractivity contribution in [1.82, 2.24) is 19.1 Å². The van der Waals surface area contributed by atoms with Gasteiger partial charge in [-0.3, -0.25) is 14.3 Å². The number of aryl methyl sites for hydroxylation is 2. The van der Waals surface area contributed by atoms with Crippen LogP contribution in [0.15, 0.2) is 14.7 Å². The fraction of sp³-hybridized carbons (Fsp3) is 0.706. The molecule has 0 bridgehead atoms. The van der Waals surface area contributed by atoms with Gasteiger partial charge >= 0.3 is 5.69 Å². The third-order valence-electron chi connectivity index (χ3n) is 4.19. The van der Waals surface area contributed by atoms with Gasteiger partial charge in [-0.15, -0.1) is 0 Å². The molecule has 0 aliphatic rings. The first-order valence-corrected chi connectivity index (χ1v) is 9.91. The highest BCUT2D eigenvalue weighted by Gasteiger charge is 2.17. The number of rotatable bonds is 10. The van der Waals surface area contributed by atoms with Gasteiger partial charge in [0, 0.05) is 19.3 Å². The van der Waals surface area contributed by atoms with E-state index in [0.717, 1.165) is 43.1 Å². The molecule has 2 heterocycles. The highest BCUT2D eigenvalue weighted by molar-refractivity contribution is 7.99. The highest BCUT2D eigenvalue weighted by atomic mass is 32.2. The molecule has 0 amide bonds. The lowest BCUT2D eigenvalue weighted by atomic mass is 10.2. The summed E-state index contributed by atoms with van der Waals surface area (Å²) in [6.07, 6.45) is 8.09. The van der Waals surface area contributed by atoms with E-state index in [4.69, 9.17) is 0 Å². The maximum atomic E-state index is 12.3. The van der Waals surface area contributed by atoms with Gasteiger partial charge in [0.2, 0.25) is 0 Å². The Hall–Kier alpha value is -1.50. The van der Waals surface area contributed by atoms with E-state index in [0.29, 0.717) is 11.2 Å². The zero-order chi connectivity index (χ0) is 17.5. The van der Waals surface area contributed by atoms with Crippen molar-refractivity contribution in [3.05, 3.63) is 20.8 Å². The van der Waals surface area contributed by atoms with Crippen LogP contribution in [0, 0.1) is 0 Å². The summed E-state index contributed by atoms with van der Waals surface area (Å²) in [6.45, 7) is 5.13. The monoisotopic (exact) mass is 352 g/mol. The molecule has 0 atom stereocenters. The maximum absolute atomic E-state index is 12.3. The van der Waals surface area contributed by atoms with E-state index in [2.05, 4.69) is 23.8 Å². The standard InChI is InChI=1S/C17H28N4O2S/c1-4-6-8-10-12-24-17-18-14-13(21(17)11-9-7-5-2)15(22)19-16(23)20(14)3/h4-12H2,1-3H3,(H,19,22,23). The Kier molecular flexibility index (Phi) is 7.15. The average molecular weight is 353 g/mol. The molecule has 6 nitrogen and oxygen atoms in total. The predicted octanol–water partition coefficient (Wildman–Crippen LogP) is 3.29. The molecule has 0 saturated heterocycles. The molecular formula is C17H28N4O2S. The van der Waals surface area contributed by atoms with Crippen molar-refractivity contribution in [3.63, 3.8) is 0 Å². The lowest BCUT2D eigenvalue weighted by molar-refractivity contribution is 0.577. The number of nitrogens with one attached hydrogen (secondary N) is 1. The average Bonchev–Trinajstić information content (AvgIpc) is 2.92. The van der Waals surface area contributed by atoms with Crippen LogP contribution in [0.5, 0.6) is 0 Å². The first kappa shape index (κ1) is 18.8. The van der Waals surface area contributed by atoms with Gasteiger partial charge in [0.1, 0.15) is 0 Å². The van der Waals surface area contributed by atoms with Crippen molar-refractivity contribution in [1.29, 1.82) is 0 Å². The number of unbranched alkanes of at least 4 members (excludes halogenated alkanes) is 5. The molecule has 0 unspecified atom stereocenters. The summed E-state index contributed by atoms with van der Waals surface area (Å²) >= 11 is 1.69. The molecule has 1 N–H and O–H groups in total. The van der Waals surface area contributed by atoms with Gasteiger partial charge in [-0.1, -0.05) is 57.7 Å². The molecule has 2 aromatic rings. The van der Waals surface area contributed by atoms with Crippen molar-refractivity contribution in [2.75, 3.05) is 5.75 Å². The summed E-state index contributed by atoms with van der Waals surface area (Å²) in [6, 6.07) is 0. The third kappa shape index (κ3) is 4.32. The van der Waals surface area contributed by atoms with Gasteiger partial charge in [-0.25, -0.2) is 9.78 Å². The Bertz CT molecular complexity index is 775. The summed E-state index contributed by atoms with van der Waals surface area (Å²) in [7, 11) is 1.65. The maximum Gasteiger partial charge on any atom is 0.329 e. The van der Waals surface area contributed by atoms with Crippen LogP contribution in [-0.2, 0) is 13.6 Å². The highest BCUT2D eigenvalue weighted by Crippen LogP contribution is 2.23. The van der Waals surface area contributed by atoms with E-state index in [9.17, 15) is 9.59 Å². The number of hydrogen-bond donors (Lipinski definition) is 1. The fourth-order valence-electron chi connectivity index (χ4n) is 2.74. The molecule has 2 rings (SSSR count). The number of nitrogens with zero attached hydrogens (tertiary/aromatic N) is 3. The molecule has 0 radical (unpaired) electrons. The lowest BCUT2D eigenvalue weighted by Gasteiger charge is -2.08. The SMILES string of the molecule is CCCCCCSc1nc2c(c(=O)[nH]c(=O)n2C)n1CCCCC. The van der Waals surface area contributed by atoms with Gasteiger partial charge in [-0.05, 0) is 12.8 Å². The molecule has 0 aliphatic heterocycles. The molecule has 0 fully saturated rings. The van der Waals surface area contributed by atoms with Crippen LogP contribution in [0.4, 0.5) is 0 Å². The van der Waals surface area contributed by atoms with Crippen molar-refractivity contribution in [2.45, 2.75) is 70.5 Å². The minimum Gasteiger partial charge on any atom is -0.313 e. The van der Waals surface area contributed by atoms with Gasteiger partial charge in [0.25, 0.3) is 5.56 Å². The Morgan fingerprint density at radius 1 is 1.04 bits per heavy atom. The summed E-state index contributed by atoms with van der Waals surface area (Å²) in [4.78, 5) is 31.1. The molecule has 7 heteroatoms. The van der Waals surface area contributed by atoms with Crippen LogP contribution in [0.1, 0.15) is 58.8 Å². The first-order valence-electron chi connectivity index (χ1n) is 8.92. The molecule has 0 spiro atoms. The molecule has 0 aromatic carbocycles. The summed E-state index contributed by atoms with van der Waals surface area (Å²) in [5.74, 6) is 0.989. The number of thioether (sulfide) groups is 1. The quantitative estimate of drug-likeness (QED) is 0.526. The predicted molar refractivity (Wildman–Crippen MR) is 100.0 cm³/mol. The van der Waals surface area contributed by atoms with Crippen LogP contribution < -0.4 is 11.2 Å². The zero-order valence-corrected chi connectivity index (χ0v) is 15.7. The Morgan fingerprint density at radius 3 is 2.46 bits per heavy atom. The second-order valence-corrected chi connectivity index (χ2v) is 7.21. The van der Waals surface area contributed by atoms with E-state index < -0.39 is 5.69 Å². The largest absolute Gasteiger partial charge is 0.329 e. The number of aromatic nitrogens is 4. The Labute approximate surface area is 146 Å². The molecule has 2 aromatic heterocycles. The van der Waals surface area contributed by atoms with Gasteiger partial charge < -0.3 is 4.57 Å². The van der Waals surface area contributed by atoms with E-state index in [1.165, 1.54) is 23.8 Å². The third-order valence-corrected chi connectivity index (χ3v) is 5.25. The minimum atomic E-state index is -0.412. The molecular weight excluding hydrogens is 324 g/mol. The molecule has 0 aliphatic carbocycles. The summed E-state index contributed by atoms with van der Waals surface area (Å²) < 4.78 is 3.42. The second kappa shape index (κ2) is 9.11. The van der Waals surface area contributed by atoms with Gasteiger partial charge in [0.15, 0.2) is 16.3 Å². The van der Waals surface area contributed by atoms with Crippen molar-refractivity contribution in [3.8, 4) is 0 Å². The van der Waals surface area contributed by atoms with Gasteiger partial charge in [-0.2, -0.15) is 0 Å². The van der Waals surface area contributed by atoms with Crippen LogP contribution in [0.3, 0.4) is 0 Å². The van der Waals surface area contributed by atoms with Crippen molar-refractivity contribution in [2.24, 2.45) is 7.05 Å². The van der Waals surface area contributed by atoms with E-state index in [-0.39, 0.29) is 5.56 Å². The number of hydrogen-bond acceptors (Lipinski definition) is 4. The van der Waals surface area contributed by atoms with Crippen LogP contribution in [0.2, 0.25) is 0 Å². The van der Waals surface area contributed by atoms with Crippen LogP contribution in [0.25, 0.3) is 11.2 Å². The van der Waals surface area contributed by atoms with E-state index >= 15 is 0 Å². The molecule has 0 saturated carbocycles. The Balaban J connectivity index is 2.31. The van der Waals surface area contributed by atoms with Crippen LogP contribution in [-0.4, -0.2) is 24.9 Å². The van der Waals surface area contributed by atoms with Crippen molar-refractivity contribution < 1.29 is 0 Å². The summed E-state index contributed by atoms with van der Waals surface area (Å²) in [5.41, 5.74) is 0.251. The molecule has 134 valence electrons.